The van der Waals surface area contributed by atoms with E-state index in [-0.39, 0.29) is 17.6 Å². The lowest BCUT2D eigenvalue weighted by Crippen LogP contribution is -2.32. The number of aromatic amines is 1. The van der Waals surface area contributed by atoms with Gasteiger partial charge in [-0.25, -0.2) is 13.8 Å². The molecule has 3 aromatic rings. The fourth-order valence-electron chi connectivity index (χ4n) is 2.96. The number of amidine groups is 1. The number of H-pyrrole nitrogens is 1. The van der Waals surface area contributed by atoms with Crippen molar-refractivity contribution < 1.29 is 13.6 Å². The molecule has 1 amide bonds. The van der Waals surface area contributed by atoms with Crippen LogP contribution in [0.1, 0.15) is 43.1 Å². The molecule has 1 atom stereocenters. The molecule has 0 radical (unpaired) electrons. The van der Waals surface area contributed by atoms with Gasteiger partial charge in [0.2, 0.25) is 0 Å². The van der Waals surface area contributed by atoms with Gasteiger partial charge in [0.1, 0.15) is 17.5 Å². The number of hydrogen-bond donors (Lipinski definition) is 2. The Morgan fingerprint density at radius 1 is 1.16 bits per heavy atom. The molecular formula is C24H23F2N5O. The van der Waals surface area contributed by atoms with Gasteiger partial charge in [-0.05, 0) is 42.2 Å². The number of carbonyl (C=O) groups is 1. The molecule has 164 valence electrons. The van der Waals surface area contributed by atoms with Crippen molar-refractivity contribution in [1.29, 1.82) is 5.26 Å². The molecule has 0 saturated carbocycles. The number of amides is 1. The molecule has 0 bridgehead atoms. The molecule has 6 nitrogen and oxygen atoms in total. The topological polar surface area (TPSA) is 93.9 Å². The van der Waals surface area contributed by atoms with Crippen LogP contribution in [0.25, 0.3) is 11.3 Å². The van der Waals surface area contributed by atoms with Gasteiger partial charge < -0.3 is 5.32 Å². The van der Waals surface area contributed by atoms with Crippen LogP contribution in [0.15, 0.2) is 53.5 Å². The zero-order valence-corrected chi connectivity index (χ0v) is 18.0. The second-order valence-corrected chi connectivity index (χ2v) is 7.93. The minimum absolute atomic E-state index is 0.218. The summed E-state index contributed by atoms with van der Waals surface area (Å²) in [5.41, 5.74) is 1.41. The average Bonchev–Trinajstić information content (AvgIpc) is 3.21. The zero-order chi connectivity index (χ0) is 23.3. The lowest BCUT2D eigenvalue weighted by Gasteiger charge is -2.17. The molecule has 3 rings (SSSR count). The SMILES string of the molecule is CC(C)C(C)CC(=Nc1cc(-c2cc(F)cc(F)c2)[nH]n1)NC(=O)c1cccc(C#N)c1. The van der Waals surface area contributed by atoms with Gasteiger partial charge in [-0.1, -0.05) is 26.8 Å². The summed E-state index contributed by atoms with van der Waals surface area (Å²) >= 11 is 0. The van der Waals surface area contributed by atoms with Crippen molar-refractivity contribution in [2.24, 2.45) is 16.8 Å². The Balaban J connectivity index is 1.89. The Morgan fingerprint density at radius 2 is 1.88 bits per heavy atom. The molecule has 0 aliphatic carbocycles. The van der Waals surface area contributed by atoms with Gasteiger partial charge in [-0.15, -0.1) is 0 Å². The van der Waals surface area contributed by atoms with Crippen LogP contribution in [0.2, 0.25) is 0 Å². The Bertz CT molecular complexity index is 1170. The third-order valence-corrected chi connectivity index (χ3v) is 5.15. The first kappa shape index (κ1) is 22.8. The molecule has 1 heterocycles. The van der Waals surface area contributed by atoms with Crippen molar-refractivity contribution in [3.05, 3.63) is 71.3 Å². The van der Waals surface area contributed by atoms with E-state index in [1.807, 2.05) is 13.0 Å². The maximum Gasteiger partial charge on any atom is 0.256 e. The fraction of sp³-hybridized carbons (Fsp3) is 0.250. The molecule has 0 fully saturated rings. The molecule has 0 saturated heterocycles. The minimum Gasteiger partial charge on any atom is -0.310 e. The second kappa shape index (κ2) is 9.96. The number of nitrogens with zero attached hydrogens (tertiary/aromatic N) is 3. The molecule has 0 spiro atoms. The lowest BCUT2D eigenvalue weighted by atomic mass is 9.94. The van der Waals surface area contributed by atoms with Crippen LogP contribution in [0.4, 0.5) is 14.6 Å². The number of hydrogen-bond acceptors (Lipinski definition) is 4. The standard InChI is InChI=1S/C24H23F2N5O/c1-14(2)15(3)7-22(29-24(32)17-6-4-5-16(8-17)13-27)28-23-12-21(30-31-23)18-9-19(25)11-20(26)10-18/h4-6,8-12,14-15H,7H2,1-3H3,(H2,28,29,30,31,32). The van der Waals surface area contributed by atoms with E-state index in [0.29, 0.717) is 40.6 Å². The number of nitriles is 1. The maximum absolute atomic E-state index is 13.5. The first-order valence-electron chi connectivity index (χ1n) is 10.2. The van der Waals surface area contributed by atoms with E-state index >= 15 is 0 Å². The Kier molecular flexibility index (Phi) is 7.11. The van der Waals surface area contributed by atoms with Crippen LogP contribution in [-0.2, 0) is 0 Å². The third kappa shape index (κ3) is 5.85. The van der Waals surface area contributed by atoms with Crippen LogP contribution in [0.5, 0.6) is 0 Å². The van der Waals surface area contributed by atoms with E-state index in [9.17, 15) is 13.6 Å². The predicted molar refractivity (Wildman–Crippen MR) is 118 cm³/mol. The van der Waals surface area contributed by atoms with E-state index in [0.717, 1.165) is 6.07 Å². The zero-order valence-electron chi connectivity index (χ0n) is 18.0. The Morgan fingerprint density at radius 3 is 2.53 bits per heavy atom. The van der Waals surface area contributed by atoms with Gasteiger partial charge in [-0.2, -0.15) is 10.4 Å². The summed E-state index contributed by atoms with van der Waals surface area (Å²) in [5.74, 6) is -0.543. The minimum atomic E-state index is -0.696. The number of carbonyl (C=O) groups excluding carboxylic acids is 1. The third-order valence-electron chi connectivity index (χ3n) is 5.15. The Labute approximate surface area is 185 Å². The molecule has 0 aliphatic heterocycles. The highest BCUT2D eigenvalue weighted by Crippen LogP contribution is 2.24. The maximum atomic E-state index is 13.5. The van der Waals surface area contributed by atoms with E-state index < -0.39 is 11.6 Å². The van der Waals surface area contributed by atoms with Crippen LogP contribution in [-0.4, -0.2) is 21.9 Å². The monoisotopic (exact) mass is 435 g/mol. The molecule has 2 N–H and O–H groups in total. The average molecular weight is 435 g/mol. The van der Waals surface area contributed by atoms with Crippen LogP contribution < -0.4 is 5.32 Å². The summed E-state index contributed by atoms with van der Waals surface area (Å²) < 4.78 is 27.1. The number of rotatable bonds is 6. The molecule has 32 heavy (non-hydrogen) atoms. The van der Waals surface area contributed by atoms with Gasteiger partial charge in [0.05, 0.1) is 17.3 Å². The number of benzene rings is 2. The summed E-state index contributed by atoms with van der Waals surface area (Å²) in [6.07, 6.45) is 0.484. The summed E-state index contributed by atoms with van der Waals surface area (Å²) in [6, 6.07) is 13.1. The van der Waals surface area contributed by atoms with Gasteiger partial charge in [0, 0.05) is 29.7 Å². The number of halogens is 2. The van der Waals surface area contributed by atoms with Crippen molar-refractivity contribution in [2.75, 3.05) is 0 Å². The quantitative estimate of drug-likeness (QED) is 0.403. The first-order valence-corrected chi connectivity index (χ1v) is 10.2. The summed E-state index contributed by atoms with van der Waals surface area (Å²) in [7, 11) is 0. The fourth-order valence-corrected chi connectivity index (χ4v) is 2.96. The number of aliphatic imine (C=N–C) groups is 1. The van der Waals surface area contributed by atoms with E-state index in [1.165, 1.54) is 18.2 Å². The molecular weight excluding hydrogens is 412 g/mol. The van der Waals surface area contributed by atoms with Crippen molar-refractivity contribution >= 4 is 17.6 Å². The van der Waals surface area contributed by atoms with Crippen molar-refractivity contribution in [3.63, 3.8) is 0 Å². The second-order valence-electron chi connectivity index (χ2n) is 7.93. The van der Waals surface area contributed by atoms with E-state index in [1.54, 1.807) is 24.3 Å². The first-order chi connectivity index (χ1) is 15.2. The number of nitrogens with one attached hydrogen (secondary N) is 2. The highest BCUT2D eigenvalue weighted by molar-refractivity contribution is 6.07. The molecule has 0 aliphatic rings. The summed E-state index contributed by atoms with van der Waals surface area (Å²) in [4.78, 5) is 17.2. The van der Waals surface area contributed by atoms with Gasteiger partial charge in [0.15, 0.2) is 5.82 Å². The van der Waals surface area contributed by atoms with Crippen molar-refractivity contribution in [3.8, 4) is 17.3 Å². The molecule has 8 heteroatoms. The smallest absolute Gasteiger partial charge is 0.256 e. The largest absolute Gasteiger partial charge is 0.310 e. The van der Waals surface area contributed by atoms with E-state index in [4.69, 9.17) is 5.26 Å². The van der Waals surface area contributed by atoms with Gasteiger partial charge in [0.25, 0.3) is 5.91 Å². The predicted octanol–water partition coefficient (Wildman–Crippen LogP) is 5.37. The van der Waals surface area contributed by atoms with Gasteiger partial charge in [-0.3, -0.25) is 9.89 Å². The molecule has 1 unspecified atom stereocenters. The normalized spacial score (nSPS) is 12.5. The van der Waals surface area contributed by atoms with Crippen LogP contribution in [0.3, 0.4) is 0 Å². The molecule has 2 aromatic carbocycles. The molecule has 1 aromatic heterocycles. The Hall–Kier alpha value is -3.86. The van der Waals surface area contributed by atoms with E-state index in [2.05, 4.69) is 34.4 Å². The van der Waals surface area contributed by atoms with Crippen molar-refractivity contribution in [2.45, 2.75) is 27.2 Å². The lowest BCUT2D eigenvalue weighted by molar-refractivity contribution is 0.0976. The van der Waals surface area contributed by atoms with Crippen molar-refractivity contribution in [1.82, 2.24) is 15.5 Å². The summed E-state index contributed by atoms with van der Waals surface area (Å²) in [6.45, 7) is 6.20. The highest BCUT2D eigenvalue weighted by atomic mass is 19.1. The highest BCUT2D eigenvalue weighted by Gasteiger charge is 2.16. The summed E-state index contributed by atoms with van der Waals surface area (Å²) in [5, 5.41) is 18.7. The van der Waals surface area contributed by atoms with Gasteiger partial charge >= 0.3 is 0 Å². The number of aromatic nitrogens is 2. The van der Waals surface area contributed by atoms with Crippen LogP contribution >= 0.6 is 0 Å². The van der Waals surface area contributed by atoms with Crippen LogP contribution in [0, 0.1) is 34.8 Å².